The van der Waals surface area contributed by atoms with Crippen molar-refractivity contribution in [2.75, 3.05) is 45.2 Å². The minimum atomic E-state index is -3.31. The summed E-state index contributed by atoms with van der Waals surface area (Å²) in [7, 11) is -1.30. The van der Waals surface area contributed by atoms with E-state index in [1.165, 1.54) is 18.2 Å². The second kappa shape index (κ2) is 5.41. The molecule has 0 spiro atoms. The SMILES string of the molecule is CN1CCN(C(=O)c2ccc(S(C)(=O)=O)cc2N)CC1. The lowest BCUT2D eigenvalue weighted by Crippen LogP contribution is -2.47. The summed E-state index contributed by atoms with van der Waals surface area (Å²) in [5, 5.41) is 0. The van der Waals surface area contributed by atoms with Crippen molar-refractivity contribution in [3.05, 3.63) is 23.8 Å². The van der Waals surface area contributed by atoms with Crippen LogP contribution in [0.25, 0.3) is 0 Å². The number of benzene rings is 1. The maximum absolute atomic E-state index is 12.4. The fourth-order valence-electron chi connectivity index (χ4n) is 2.15. The van der Waals surface area contributed by atoms with E-state index in [0.29, 0.717) is 18.7 Å². The van der Waals surface area contributed by atoms with Crippen LogP contribution < -0.4 is 5.73 Å². The lowest BCUT2D eigenvalue weighted by atomic mass is 10.1. The number of piperazine rings is 1. The minimum absolute atomic E-state index is 0.130. The third kappa shape index (κ3) is 3.10. The summed E-state index contributed by atoms with van der Waals surface area (Å²) >= 11 is 0. The monoisotopic (exact) mass is 297 g/mol. The van der Waals surface area contributed by atoms with Gasteiger partial charge in [-0.2, -0.15) is 0 Å². The first-order valence-corrected chi connectivity index (χ1v) is 8.25. The predicted octanol–water partition coefficient (Wildman–Crippen LogP) is 0.0599. The summed E-state index contributed by atoms with van der Waals surface area (Å²) in [5.74, 6) is -0.143. The Kier molecular flexibility index (Phi) is 4.01. The molecule has 1 amide bonds. The molecule has 0 saturated carbocycles. The first-order valence-electron chi connectivity index (χ1n) is 6.36. The maximum atomic E-state index is 12.4. The van der Waals surface area contributed by atoms with E-state index in [1.54, 1.807) is 4.90 Å². The molecule has 1 heterocycles. The number of rotatable bonds is 2. The van der Waals surface area contributed by atoms with Crippen LogP contribution in [-0.2, 0) is 9.84 Å². The molecule has 0 aliphatic carbocycles. The molecule has 1 aromatic rings. The zero-order valence-electron chi connectivity index (χ0n) is 11.7. The van der Waals surface area contributed by atoms with E-state index in [0.717, 1.165) is 19.3 Å². The van der Waals surface area contributed by atoms with Crippen molar-refractivity contribution >= 4 is 21.4 Å². The van der Waals surface area contributed by atoms with Gasteiger partial charge < -0.3 is 15.5 Å². The third-order valence-electron chi connectivity index (χ3n) is 3.47. The molecule has 0 radical (unpaired) electrons. The number of carbonyl (C=O) groups is 1. The van der Waals surface area contributed by atoms with Crippen LogP contribution >= 0.6 is 0 Å². The number of likely N-dealkylation sites (N-methyl/N-ethyl adjacent to an activating group) is 1. The van der Waals surface area contributed by atoms with Gasteiger partial charge in [0, 0.05) is 38.1 Å². The normalized spacial score (nSPS) is 17.2. The maximum Gasteiger partial charge on any atom is 0.256 e. The van der Waals surface area contributed by atoms with Gasteiger partial charge in [-0.3, -0.25) is 4.79 Å². The molecule has 0 bridgehead atoms. The summed E-state index contributed by atoms with van der Waals surface area (Å²) in [5.41, 5.74) is 6.40. The molecule has 7 heteroatoms. The van der Waals surface area contributed by atoms with E-state index < -0.39 is 9.84 Å². The second-order valence-electron chi connectivity index (χ2n) is 5.12. The van der Waals surface area contributed by atoms with Crippen LogP contribution in [-0.4, -0.2) is 63.6 Å². The molecular formula is C13H19N3O3S. The van der Waals surface area contributed by atoms with E-state index in [-0.39, 0.29) is 16.5 Å². The Balaban J connectivity index is 2.23. The highest BCUT2D eigenvalue weighted by atomic mass is 32.2. The predicted molar refractivity (Wildman–Crippen MR) is 77.4 cm³/mol. The smallest absolute Gasteiger partial charge is 0.256 e. The Morgan fingerprint density at radius 1 is 1.20 bits per heavy atom. The molecule has 2 N–H and O–H groups in total. The van der Waals surface area contributed by atoms with E-state index >= 15 is 0 Å². The first kappa shape index (κ1) is 14.8. The number of sulfone groups is 1. The van der Waals surface area contributed by atoms with Crippen molar-refractivity contribution in [2.24, 2.45) is 0 Å². The molecule has 1 aromatic carbocycles. The van der Waals surface area contributed by atoms with Crippen LogP contribution in [0.15, 0.2) is 23.1 Å². The van der Waals surface area contributed by atoms with Crippen LogP contribution in [0.1, 0.15) is 10.4 Å². The van der Waals surface area contributed by atoms with Gasteiger partial charge in [-0.05, 0) is 25.2 Å². The van der Waals surface area contributed by atoms with E-state index in [1.807, 2.05) is 7.05 Å². The van der Waals surface area contributed by atoms with Crippen LogP contribution in [0.2, 0.25) is 0 Å². The zero-order valence-corrected chi connectivity index (χ0v) is 12.5. The summed E-state index contributed by atoms with van der Waals surface area (Å²) in [6.07, 6.45) is 1.11. The number of hydrogen-bond donors (Lipinski definition) is 1. The number of amides is 1. The highest BCUT2D eigenvalue weighted by Crippen LogP contribution is 2.20. The Morgan fingerprint density at radius 3 is 2.30 bits per heavy atom. The Bertz CT molecular complexity index is 620. The number of nitrogens with two attached hydrogens (primary N) is 1. The summed E-state index contributed by atoms with van der Waals surface area (Å²) in [4.78, 5) is 16.4. The van der Waals surface area contributed by atoms with Crippen molar-refractivity contribution in [1.29, 1.82) is 0 Å². The molecule has 1 saturated heterocycles. The van der Waals surface area contributed by atoms with Crippen molar-refractivity contribution in [3.63, 3.8) is 0 Å². The average Bonchev–Trinajstić information content (AvgIpc) is 2.37. The highest BCUT2D eigenvalue weighted by molar-refractivity contribution is 7.90. The number of nitrogen functional groups attached to an aromatic ring is 1. The molecule has 6 nitrogen and oxygen atoms in total. The Labute approximate surface area is 119 Å². The zero-order chi connectivity index (χ0) is 14.9. The van der Waals surface area contributed by atoms with Gasteiger partial charge in [0.2, 0.25) is 0 Å². The summed E-state index contributed by atoms with van der Waals surface area (Å²) < 4.78 is 22.9. The van der Waals surface area contributed by atoms with Gasteiger partial charge in [-0.15, -0.1) is 0 Å². The lowest BCUT2D eigenvalue weighted by molar-refractivity contribution is 0.0665. The second-order valence-corrected chi connectivity index (χ2v) is 7.13. The van der Waals surface area contributed by atoms with Gasteiger partial charge in [-0.25, -0.2) is 8.42 Å². The molecule has 1 aliphatic rings. The minimum Gasteiger partial charge on any atom is -0.398 e. The Hall–Kier alpha value is -1.60. The summed E-state index contributed by atoms with van der Waals surface area (Å²) in [6.45, 7) is 2.96. The van der Waals surface area contributed by atoms with Crippen LogP contribution in [0, 0.1) is 0 Å². The summed E-state index contributed by atoms with van der Waals surface area (Å²) in [6, 6.07) is 4.26. The molecule has 110 valence electrons. The average molecular weight is 297 g/mol. The number of anilines is 1. The van der Waals surface area contributed by atoms with Crippen molar-refractivity contribution in [3.8, 4) is 0 Å². The number of hydrogen-bond acceptors (Lipinski definition) is 5. The van der Waals surface area contributed by atoms with Gasteiger partial charge >= 0.3 is 0 Å². The molecular weight excluding hydrogens is 278 g/mol. The number of carbonyl (C=O) groups excluding carboxylic acids is 1. The fourth-order valence-corrected chi connectivity index (χ4v) is 2.80. The van der Waals surface area contributed by atoms with Crippen molar-refractivity contribution in [1.82, 2.24) is 9.80 Å². The van der Waals surface area contributed by atoms with Crippen molar-refractivity contribution in [2.45, 2.75) is 4.90 Å². The number of nitrogens with zero attached hydrogens (tertiary/aromatic N) is 2. The molecule has 0 aromatic heterocycles. The fraction of sp³-hybridized carbons (Fsp3) is 0.462. The third-order valence-corrected chi connectivity index (χ3v) is 4.58. The van der Waals surface area contributed by atoms with E-state index in [4.69, 9.17) is 5.73 Å². The van der Waals surface area contributed by atoms with Gasteiger partial charge in [0.25, 0.3) is 5.91 Å². The molecule has 1 aliphatic heterocycles. The molecule has 0 unspecified atom stereocenters. The van der Waals surface area contributed by atoms with Gasteiger partial charge in [0.05, 0.1) is 10.5 Å². The van der Waals surface area contributed by atoms with Gasteiger partial charge in [0.1, 0.15) is 0 Å². The van der Waals surface area contributed by atoms with Crippen LogP contribution in [0.3, 0.4) is 0 Å². The topological polar surface area (TPSA) is 83.7 Å². The van der Waals surface area contributed by atoms with E-state index in [2.05, 4.69) is 4.90 Å². The van der Waals surface area contributed by atoms with Gasteiger partial charge in [0.15, 0.2) is 9.84 Å². The molecule has 0 atom stereocenters. The molecule has 20 heavy (non-hydrogen) atoms. The standard InChI is InChI=1S/C13H19N3O3S/c1-15-5-7-16(8-6-15)13(17)11-4-3-10(9-12(11)14)20(2,18)19/h3-4,9H,5-8,14H2,1-2H3. The first-order chi connectivity index (χ1) is 9.29. The lowest BCUT2D eigenvalue weighted by Gasteiger charge is -2.32. The van der Waals surface area contributed by atoms with Crippen LogP contribution in [0.4, 0.5) is 5.69 Å². The quantitative estimate of drug-likeness (QED) is 0.780. The molecule has 2 rings (SSSR count). The largest absolute Gasteiger partial charge is 0.398 e. The van der Waals surface area contributed by atoms with Crippen LogP contribution in [0.5, 0.6) is 0 Å². The van der Waals surface area contributed by atoms with Gasteiger partial charge in [-0.1, -0.05) is 0 Å². The van der Waals surface area contributed by atoms with Crippen molar-refractivity contribution < 1.29 is 13.2 Å². The van der Waals surface area contributed by atoms with E-state index in [9.17, 15) is 13.2 Å². The highest BCUT2D eigenvalue weighted by Gasteiger charge is 2.22. The Morgan fingerprint density at radius 2 is 1.80 bits per heavy atom. The molecule has 1 fully saturated rings.